The fourth-order valence-corrected chi connectivity index (χ4v) is 1.29. The Morgan fingerprint density at radius 1 is 1.60 bits per heavy atom. The molecule has 1 unspecified atom stereocenters. The van der Waals surface area contributed by atoms with Crippen LogP contribution in [-0.2, 0) is 9.53 Å². The topological polar surface area (TPSA) is 26.3 Å². The first-order chi connectivity index (χ1) is 4.54. The van der Waals surface area contributed by atoms with Crippen LogP contribution in [0.3, 0.4) is 0 Å². The van der Waals surface area contributed by atoms with E-state index in [4.69, 9.17) is 4.74 Å². The highest BCUT2D eigenvalue weighted by Gasteiger charge is 2.35. The van der Waals surface area contributed by atoms with Crippen LogP contribution in [0.2, 0.25) is 0 Å². The van der Waals surface area contributed by atoms with Crippen molar-refractivity contribution >= 4 is 5.78 Å². The summed E-state index contributed by atoms with van der Waals surface area (Å²) in [6.07, 6.45) is 0.877. The highest BCUT2D eigenvalue weighted by molar-refractivity contribution is 5.88. The maximum Gasteiger partial charge on any atom is 0.166 e. The van der Waals surface area contributed by atoms with E-state index in [2.05, 4.69) is 0 Å². The van der Waals surface area contributed by atoms with Crippen molar-refractivity contribution < 1.29 is 9.53 Å². The number of rotatable bonds is 0. The lowest BCUT2D eigenvalue weighted by molar-refractivity contribution is -0.152. The molecule has 1 heterocycles. The van der Waals surface area contributed by atoms with Gasteiger partial charge >= 0.3 is 0 Å². The van der Waals surface area contributed by atoms with Gasteiger partial charge in [0.1, 0.15) is 5.60 Å². The number of ether oxygens (including phenoxy) is 1. The molecule has 1 atom stereocenters. The van der Waals surface area contributed by atoms with E-state index in [1.54, 1.807) is 0 Å². The number of ketones is 1. The second kappa shape index (κ2) is 2.35. The summed E-state index contributed by atoms with van der Waals surface area (Å²) >= 11 is 0. The van der Waals surface area contributed by atoms with Crippen LogP contribution in [0.4, 0.5) is 0 Å². The third-order valence-electron chi connectivity index (χ3n) is 2.05. The van der Waals surface area contributed by atoms with Crippen molar-refractivity contribution in [1.82, 2.24) is 0 Å². The Bertz CT molecular complexity index is 149. The fourth-order valence-electron chi connectivity index (χ4n) is 1.29. The summed E-state index contributed by atoms with van der Waals surface area (Å²) in [5.74, 6) is 0.419. The van der Waals surface area contributed by atoms with Crippen molar-refractivity contribution in [2.24, 2.45) is 5.92 Å². The van der Waals surface area contributed by atoms with Gasteiger partial charge in [-0.25, -0.2) is 0 Å². The largest absolute Gasteiger partial charge is 0.368 e. The number of Topliss-reactive ketones (excluding diaryl/α,β-unsaturated/α-hetero) is 1. The van der Waals surface area contributed by atoms with Crippen LogP contribution in [0, 0.1) is 5.92 Å². The Kier molecular flexibility index (Phi) is 1.82. The maximum atomic E-state index is 11.3. The van der Waals surface area contributed by atoms with Crippen molar-refractivity contribution in [2.45, 2.75) is 32.8 Å². The quantitative estimate of drug-likeness (QED) is 0.511. The van der Waals surface area contributed by atoms with Gasteiger partial charge in [0.05, 0.1) is 0 Å². The lowest BCUT2D eigenvalue weighted by Crippen LogP contribution is -2.43. The van der Waals surface area contributed by atoms with Crippen LogP contribution in [0.15, 0.2) is 0 Å². The van der Waals surface area contributed by atoms with Crippen LogP contribution in [0.5, 0.6) is 0 Å². The lowest BCUT2D eigenvalue weighted by atomic mass is 9.88. The zero-order valence-corrected chi connectivity index (χ0v) is 6.81. The summed E-state index contributed by atoms with van der Waals surface area (Å²) in [6, 6.07) is 0. The van der Waals surface area contributed by atoms with Gasteiger partial charge in [0, 0.05) is 12.5 Å². The van der Waals surface area contributed by atoms with E-state index in [1.165, 1.54) is 0 Å². The molecule has 1 aliphatic rings. The third kappa shape index (κ3) is 1.21. The molecule has 0 amide bonds. The Hall–Kier alpha value is -0.370. The van der Waals surface area contributed by atoms with Crippen LogP contribution in [-0.4, -0.2) is 18.0 Å². The van der Waals surface area contributed by atoms with E-state index >= 15 is 0 Å². The van der Waals surface area contributed by atoms with Gasteiger partial charge in [-0.1, -0.05) is 6.92 Å². The smallest absolute Gasteiger partial charge is 0.166 e. The van der Waals surface area contributed by atoms with Crippen molar-refractivity contribution in [2.75, 3.05) is 6.61 Å². The van der Waals surface area contributed by atoms with Crippen LogP contribution >= 0.6 is 0 Å². The molecule has 2 heteroatoms. The monoisotopic (exact) mass is 142 g/mol. The number of carbonyl (C=O) groups is 1. The minimum Gasteiger partial charge on any atom is -0.368 e. The molecule has 1 aliphatic heterocycles. The van der Waals surface area contributed by atoms with Crippen LogP contribution in [0.1, 0.15) is 27.2 Å². The summed E-state index contributed by atoms with van der Waals surface area (Å²) < 4.78 is 5.30. The molecule has 1 rings (SSSR count). The summed E-state index contributed by atoms with van der Waals surface area (Å²) in [4.78, 5) is 11.3. The van der Waals surface area contributed by atoms with E-state index in [0.29, 0.717) is 0 Å². The summed E-state index contributed by atoms with van der Waals surface area (Å²) in [5.41, 5.74) is -0.530. The molecule has 2 nitrogen and oxygen atoms in total. The number of hydrogen-bond acceptors (Lipinski definition) is 2. The molecule has 0 aliphatic carbocycles. The standard InChI is InChI=1S/C8H14O2/c1-6-4-5-10-8(2,3)7(6)9/h6H,4-5H2,1-3H3. The summed E-state index contributed by atoms with van der Waals surface area (Å²) in [5, 5.41) is 0. The second-order valence-corrected chi connectivity index (χ2v) is 3.41. The molecular weight excluding hydrogens is 128 g/mol. The van der Waals surface area contributed by atoms with Gasteiger partial charge in [0.15, 0.2) is 5.78 Å². The van der Waals surface area contributed by atoms with Gasteiger partial charge < -0.3 is 4.74 Å². The molecule has 58 valence electrons. The summed E-state index contributed by atoms with van der Waals surface area (Å²) in [6.45, 7) is 6.36. The predicted octanol–water partition coefficient (Wildman–Crippen LogP) is 1.39. The van der Waals surface area contributed by atoms with Crippen molar-refractivity contribution in [3.8, 4) is 0 Å². The number of carbonyl (C=O) groups excluding carboxylic acids is 1. The van der Waals surface area contributed by atoms with Crippen molar-refractivity contribution in [3.05, 3.63) is 0 Å². The number of hydrogen-bond donors (Lipinski definition) is 0. The normalized spacial score (nSPS) is 32.3. The predicted molar refractivity (Wildman–Crippen MR) is 38.8 cm³/mol. The SMILES string of the molecule is CC1CCOC(C)(C)C1=O. The molecule has 0 aromatic carbocycles. The van der Waals surface area contributed by atoms with Crippen LogP contribution < -0.4 is 0 Å². The minimum absolute atomic E-state index is 0.184. The molecule has 0 aromatic heterocycles. The average molecular weight is 142 g/mol. The molecule has 0 aromatic rings. The highest BCUT2D eigenvalue weighted by atomic mass is 16.5. The maximum absolute atomic E-state index is 11.3. The van der Waals surface area contributed by atoms with Gasteiger partial charge in [-0.05, 0) is 20.3 Å². The van der Waals surface area contributed by atoms with Gasteiger partial charge in [0.2, 0.25) is 0 Å². The third-order valence-corrected chi connectivity index (χ3v) is 2.05. The Morgan fingerprint density at radius 2 is 2.20 bits per heavy atom. The minimum atomic E-state index is -0.530. The van der Waals surface area contributed by atoms with Gasteiger partial charge in [-0.3, -0.25) is 4.79 Å². The zero-order chi connectivity index (χ0) is 7.78. The Labute approximate surface area is 61.6 Å². The first-order valence-corrected chi connectivity index (χ1v) is 3.72. The van der Waals surface area contributed by atoms with E-state index < -0.39 is 5.60 Å². The van der Waals surface area contributed by atoms with Gasteiger partial charge in [0.25, 0.3) is 0 Å². The van der Waals surface area contributed by atoms with E-state index in [9.17, 15) is 4.79 Å². The first kappa shape index (κ1) is 7.73. The first-order valence-electron chi connectivity index (χ1n) is 3.72. The molecule has 1 fully saturated rings. The molecule has 1 saturated heterocycles. The molecule has 0 bridgehead atoms. The molecule has 0 saturated carbocycles. The van der Waals surface area contributed by atoms with Crippen molar-refractivity contribution in [3.63, 3.8) is 0 Å². The Morgan fingerprint density at radius 3 is 2.60 bits per heavy atom. The van der Waals surface area contributed by atoms with E-state index in [1.807, 2.05) is 20.8 Å². The Balaban J connectivity index is 2.70. The zero-order valence-electron chi connectivity index (χ0n) is 6.81. The molecular formula is C8H14O2. The van der Waals surface area contributed by atoms with Gasteiger partial charge in [-0.2, -0.15) is 0 Å². The fraction of sp³-hybridized carbons (Fsp3) is 0.875. The molecule has 0 spiro atoms. The molecule has 10 heavy (non-hydrogen) atoms. The molecule has 0 radical (unpaired) electrons. The van der Waals surface area contributed by atoms with E-state index in [-0.39, 0.29) is 11.7 Å². The average Bonchev–Trinajstić information content (AvgIpc) is 1.83. The second-order valence-electron chi connectivity index (χ2n) is 3.41. The van der Waals surface area contributed by atoms with E-state index in [0.717, 1.165) is 13.0 Å². The lowest BCUT2D eigenvalue weighted by Gasteiger charge is -2.32. The summed E-state index contributed by atoms with van der Waals surface area (Å²) in [7, 11) is 0. The van der Waals surface area contributed by atoms with Gasteiger partial charge in [-0.15, -0.1) is 0 Å². The van der Waals surface area contributed by atoms with Crippen molar-refractivity contribution in [1.29, 1.82) is 0 Å². The molecule has 0 N–H and O–H groups in total. The highest BCUT2D eigenvalue weighted by Crippen LogP contribution is 2.23. The van der Waals surface area contributed by atoms with Crippen LogP contribution in [0.25, 0.3) is 0 Å².